The molecule has 0 amide bonds. The van der Waals surface area contributed by atoms with Gasteiger partial charge in [0.05, 0.1) is 4.92 Å². The standard InChI is InChI=1S/C13H13N3O3/c1-9-3-4-10(2)15(9)14-12-6-5-11(8-17)7-13(12)16(18)19/h3-8,14H,1-2H3. The van der Waals surface area contributed by atoms with Gasteiger partial charge in [-0.1, -0.05) is 0 Å². The molecule has 0 aliphatic heterocycles. The molecule has 1 aromatic heterocycles. The van der Waals surface area contributed by atoms with E-state index in [2.05, 4.69) is 5.43 Å². The summed E-state index contributed by atoms with van der Waals surface area (Å²) >= 11 is 0. The Labute approximate surface area is 109 Å². The van der Waals surface area contributed by atoms with Gasteiger partial charge in [0.15, 0.2) is 0 Å². The van der Waals surface area contributed by atoms with Crippen LogP contribution in [-0.4, -0.2) is 15.9 Å². The van der Waals surface area contributed by atoms with Crippen LogP contribution < -0.4 is 5.43 Å². The van der Waals surface area contributed by atoms with Gasteiger partial charge >= 0.3 is 0 Å². The number of anilines is 1. The van der Waals surface area contributed by atoms with Gasteiger partial charge in [-0.2, -0.15) is 0 Å². The summed E-state index contributed by atoms with van der Waals surface area (Å²) in [6.45, 7) is 3.79. The van der Waals surface area contributed by atoms with Crippen LogP contribution in [0.3, 0.4) is 0 Å². The van der Waals surface area contributed by atoms with Gasteiger partial charge in [-0.15, -0.1) is 0 Å². The second kappa shape index (κ2) is 4.93. The Kier molecular flexibility index (Phi) is 3.33. The summed E-state index contributed by atoms with van der Waals surface area (Å²) < 4.78 is 1.75. The maximum Gasteiger partial charge on any atom is 0.294 e. The number of hydrogen-bond donors (Lipinski definition) is 1. The minimum Gasteiger partial charge on any atom is -0.298 e. The van der Waals surface area contributed by atoms with Gasteiger partial charge in [-0.25, -0.2) is 0 Å². The average Bonchev–Trinajstić information content (AvgIpc) is 2.70. The molecule has 6 heteroatoms. The molecule has 0 aliphatic rings. The highest BCUT2D eigenvalue weighted by molar-refractivity contribution is 5.79. The molecule has 0 fully saturated rings. The first-order valence-corrected chi connectivity index (χ1v) is 5.68. The van der Waals surface area contributed by atoms with Crippen LogP contribution in [0.5, 0.6) is 0 Å². The molecule has 0 aliphatic carbocycles. The number of aryl methyl sites for hydroxylation is 2. The maximum absolute atomic E-state index is 11.0. The fraction of sp³-hybridized carbons (Fsp3) is 0.154. The SMILES string of the molecule is Cc1ccc(C)n1Nc1ccc(C=O)cc1[N+](=O)[O-]. The number of nitrogens with one attached hydrogen (secondary N) is 1. The minimum atomic E-state index is -0.510. The third kappa shape index (κ3) is 2.47. The molecular weight excluding hydrogens is 246 g/mol. The van der Waals surface area contributed by atoms with Crippen molar-refractivity contribution in [1.82, 2.24) is 4.68 Å². The van der Waals surface area contributed by atoms with E-state index < -0.39 is 4.92 Å². The van der Waals surface area contributed by atoms with Crippen molar-refractivity contribution in [3.05, 3.63) is 57.4 Å². The molecule has 2 rings (SSSR count). The Morgan fingerprint density at radius 2 is 1.84 bits per heavy atom. The predicted molar refractivity (Wildman–Crippen MR) is 71.4 cm³/mol. The molecular formula is C13H13N3O3. The molecule has 0 saturated carbocycles. The van der Waals surface area contributed by atoms with Crippen molar-refractivity contribution in [1.29, 1.82) is 0 Å². The van der Waals surface area contributed by atoms with Crippen molar-refractivity contribution >= 4 is 17.7 Å². The fourth-order valence-corrected chi connectivity index (χ4v) is 1.83. The maximum atomic E-state index is 11.0. The van der Waals surface area contributed by atoms with E-state index in [9.17, 15) is 14.9 Å². The molecule has 0 unspecified atom stereocenters. The lowest BCUT2D eigenvalue weighted by Gasteiger charge is -2.12. The van der Waals surface area contributed by atoms with E-state index in [1.54, 1.807) is 4.68 Å². The van der Waals surface area contributed by atoms with Crippen molar-refractivity contribution in [2.75, 3.05) is 5.43 Å². The third-order valence-electron chi connectivity index (χ3n) is 2.86. The number of carbonyl (C=O) groups excluding carboxylic acids is 1. The second-order valence-corrected chi connectivity index (χ2v) is 4.21. The number of hydrogen-bond acceptors (Lipinski definition) is 4. The van der Waals surface area contributed by atoms with Crippen LogP contribution in [0.15, 0.2) is 30.3 Å². The van der Waals surface area contributed by atoms with Gasteiger partial charge in [0.2, 0.25) is 0 Å². The van der Waals surface area contributed by atoms with Crippen LogP contribution in [0.4, 0.5) is 11.4 Å². The van der Waals surface area contributed by atoms with E-state index in [4.69, 9.17) is 0 Å². The molecule has 1 N–H and O–H groups in total. The summed E-state index contributed by atoms with van der Waals surface area (Å²) in [5.41, 5.74) is 5.35. The molecule has 0 bridgehead atoms. The van der Waals surface area contributed by atoms with E-state index >= 15 is 0 Å². The Bertz CT molecular complexity index is 627. The number of nitro benzene ring substituents is 1. The van der Waals surface area contributed by atoms with Gasteiger partial charge in [0.1, 0.15) is 12.0 Å². The summed E-state index contributed by atoms with van der Waals surface area (Å²) in [6.07, 6.45) is 0.586. The van der Waals surface area contributed by atoms with Gasteiger partial charge in [0.25, 0.3) is 5.69 Å². The molecule has 19 heavy (non-hydrogen) atoms. The smallest absolute Gasteiger partial charge is 0.294 e. The van der Waals surface area contributed by atoms with Crippen LogP contribution in [0.2, 0.25) is 0 Å². The summed E-state index contributed by atoms with van der Waals surface area (Å²) in [6, 6.07) is 8.14. The molecule has 0 spiro atoms. The summed E-state index contributed by atoms with van der Waals surface area (Å²) in [5, 5.41) is 11.0. The monoisotopic (exact) mass is 259 g/mol. The lowest BCUT2D eigenvalue weighted by atomic mass is 10.2. The number of nitro groups is 1. The van der Waals surface area contributed by atoms with Gasteiger partial charge in [-0.05, 0) is 38.1 Å². The van der Waals surface area contributed by atoms with Gasteiger partial charge in [0, 0.05) is 23.0 Å². The third-order valence-corrected chi connectivity index (χ3v) is 2.86. The summed E-state index contributed by atoms with van der Waals surface area (Å²) in [5.74, 6) is 0. The Balaban J connectivity index is 2.45. The van der Waals surface area contributed by atoms with Crippen LogP contribution >= 0.6 is 0 Å². The van der Waals surface area contributed by atoms with Crippen molar-refractivity contribution < 1.29 is 9.72 Å². The lowest BCUT2D eigenvalue weighted by Crippen LogP contribution is -2.13. The summed E-state index contributed by atoms with van der Waals surface area (Å²) in [7, 11) is 0. The zero-order valence-corrected chi connectivity index (χ0v) is 10.6. The molecule has 98 valence electrons. The first-order chi connectivity index (χ1) is 9.02. The molecule has 0 atom stereocenters. The minimum absolute atomic E-state index is 0.128. The average molecular weight is 259 g/mol. The summed E-state index contributed by atoms with van der Waals surface area (Å²) in [4.78, 5) is 21.2. The van der Waals surface area contributed by atoms with Crippen molar-refractivity contribution in [2.24, 2.45) is 0 Å². The lowest BCUT2D eigenvalue weighted by molar-refractivity contribution is -0.384. The highest BCUT2D eigenvalue weighted by Crippen LogP contribution is 2.26. The van der Waals surface area contributed by atoms with Crippen LogP contribution in [-0.2, 0) is 0 Å². The van der Waals surface area contributed by atoms with E-state index in [0.29, 0.717) is 12.0 Å². The fourth-order valence-electron chi connectivity index (χ4n) is 1.83. The first-order valence-electron chi connectivity index (χ1n) is 5.68. The van der Waals surface area contributed by atoms with Crippen LogP contribution in [0.25, 0.3) is 0 Å². The first kappa shape index (κ1) is 12.8. The van der Waals surface area contributed by atoms with E-state index in [1.807, 2.05) is 26.0 Å². The number of rotatable bonds is 4. The molecule has 1 heterocycles. The Morgan fingerprint density at radius 3 is 2.37 bits per heavy atom. The zero-order chi connectivity index (χ0) is 14.0. The van der Waals surface area contributed by atoms with Crippen molar-refractivity contribution in [3.8, 4) is 0 Å². The van der Waals surface area contributed by atoms with Gasteiger partial charge in [-0.3, -0.25) is 25.0 Å². The van der Waals surface area contributed by atoms with Crippen molar-refractivity contribution in [2.45, 2.75) is 13.8 Å². The molecule has 6 nitrogen and oxygen atoms in total. The highest BCUT2D eigenvalue weighted by Gasteiger charge is 2.15. The van der Waals surface area contributed by atoms with Crippen LogP contribution in [0.1, 0.15) is 21.7 Å². The highest BCUT2D eigenvalue weighted by atomic mass is 16.6. The molecule has 2 aromatic rings. The molecule has 0 radical (unpaired) electrons. The number of carbonyl (C=O) groups is 1. The Morgan fingerprint density at radius 1 is 1.21 bits per heavy atom. The predicted octanol–water partition coefficient (Wildman–Crippen LogP) is 2.70. The molecule has 1 aromatic carbocycles. The number of benzene rings is 1. The zero-order valence-electron chi connectivity index (χ0n) is 10.6. The molecule has 0 saturated heterocycles. The second-order valence-electron chi connectivity index (χ2n) is 4.21. The van der Waals surface area contributed by atoms with E-state index in [1.165, 1.54) is 18.2 Å². The van der Waals surface area contributed by atoms with Crippen molar-refractivity contribution in [3.63, 3.8) is 0 Å². The quantitative estimate of drug-likeness (QED) is 0.520. The van der Waals surface area contributed by atoms with E-state index in [-0.39, 0.29) is 11.3 Å². The Hall–Kier alpha value is -2.63. The van der Waals surface area contributed by atoms with E-state index in [0.717, 1.165) is 11.4 Å². The normalized spacial score (nSPS) is 10.2. The number of aldehydes is 1. The largest absolute Gasteiger partial charge is 0.298 e. The topological polar surface area (TPSA) is 77.2 Å². The number of aromatic nitrogens is 1. The number of nitrogens with zero attached hydrogens (tertiary/aromatic N) is 2. The van der Waals surface area contributed by atoms with Gasteiger partial charge < -0.3 is 0 Å². The van der Waals surface area contributed by atoms with Crippen LogP contribution in [0, 0.1) is 24.0 Å².